The quantitative estimate of drug-likeness (QED) is 0.724. The highest BCUT2D eigenvalue weighted by Crippen LogP contribution is 2.37. The van der Waals surface area contributed by atoms with E-state index in [4.69, 9.17) is 5.11 Å². The van der Waals surface area contributed by atoms with Gasteiger partial charge in [-0.1, -0.05) is 19.8 Å². The van der Waals surface area contributed by atoms with Gasteiger partial charge in [-0.2, -0.15) is 0 Å². The van der Waals surface area contributed by atoms with Crippen LogP contribution in [-0.4, -0.2) is 48.2 Å². The predicted octanol–water partition coefficient (Wildman–Crippen LogP) is 1.56. The summed E-state index contributed by atoms with van der Waals surface area (Å²) < 4.78 is 0. The number of carboxylic acid groups (broad SMARTS) is 1. The molecular weight excluding hydrogens is 228 g/mol. The molecule has 18 heavy (non-hydrogen) atoms. The van der Waals surface area contributed by atoms with Crippen LogP contribution in [0.4, 0.5) is 0 Å². The topological polar surface area (TPSA) is 52.6 Å². The average molecular weight is 254 g/mol. The van der Waals surface area contributed by atoms with Crippen LogP contribution in [0.1, 0.15) is 39.0 Å². The second kappa shape index (κ2) is 6.53. The summed E-state index contributed by atoms with van der Waals surface area (Å²) in [5, 5.41) is 12.3. The van der Waals surface area contributed by atoms with Crippen molar-refractivity contribution in [2.75, 3.05) is 26.2 Å². The summed E-state index contributed by atoms with van der Waals surface area (Å²) in [4.78, 5) is 13.0. The molecule has 2 fully saturated rings. The minimum absolute atomic E-state index is 0.273. The molecule has 0 aromatic rings. The summed E-state index contributed by atoms with van der Waals surface area (Å²) >= 11 is 0. The van der Waals surface area contributed by atoms with Gasteiger partial charge >= 0.3 is 5.97 Å². The third-order valence-corrected chi connectivity index (χ3v) is 4.11. The number of nitrogens with zero attached hydrogens (tertiary/aromatic N) is 1. The van der Waals surface area contributed by atoms with Crippen molar-refractivity contribution in [3.63, 3.8) is 0 Å². The van der Waals surface area contributed by atoms with Crippen molar-refractivity contribution in [2.24, 2.45) is 11.8 Å². The maximum Gasteiger partial charge on any atom is 0.304 e. The van der Waals surface area contributed by atoms with Gasteiger partial charge < -0.3 is 15.3 Å². The molecule has 0 aromatic carbocycles. The highest BCUT2D eigenvalue weighted by Gasteiger charge is 2.31. The van der Waals surface area contributed by atoms with E-state index in [9.17, 15) is 4.79 Å². The molecule has 2 atom stereocenters. The van der Waals surface area contributed by atoms with Crippen molar-refractivity contribution < 1.29 is 9.90 Å². The number of likely N-dealkylation sites (tertiary alicyclic amines) is 1. The number of piperidine rings is 1. The molecule has 0 bridgehead atoms. The summed E-state index contributed by atoms with van der Waals surface area (Å²) in [6, 6.07) is 0.557. The maximum atomic E-state index is 10.7. The fraction of sp³-hybridized carbons (Fsp3) is 0.929. The van der Waals surface area contributed by atoms with Crippen LogP contribution in [0, 0.1) is 11.8 Å². The second-order valence-corrected chi connectivity index (χ2v) is 5.94. The largest absolute Gasteiger partial charge is 0.481 e. The molecule has 0 radical (unpaired) electrons. The van der Waals surface area contributed by atoms with Crippen LogP contribution in [0.15, 0.2) is 0 Å². The Labute approximate surface area is 110 Å². The van der Waals surface area contributed by atoms with Crippen LogP contribution in [0.5, 0.6) is 0 Å². The zero-order chi connectivity index (χ0) is 13.0. The highest BCUT2D eigenvalue weighted by atomic mass is 16.4. The Morgan fingerprint density at radius 1 is 1.33 bits per heavy atom. The van der Waals surface area contributed by atoms with E-state index in [1.54, 1.807) is 0 Å². The molecule has 1 aliphatic carbocycles. The number of likely N-dealkylation sites (N-methyl/N-ethyl adjacent to an activating group) is 1. The van der Waals surface area contributed by atoms with E-state index in [2.05, 4.69) is 17.1 Å². The van der Waals surface area contributed by atoms with Crippen LogP contribution in [0.3, 0.4) is 0 Å². The summed E-state index contributed by atoms with van der Waals surface area (Å²) in [6.45, 7) is 5.98. The van der Waals surface area contributed by atoms with Gasteiger partial charge in [-0.05, 0) is 31.2 Å². The van der Waals surface area contributed by atoms with Crippen LogP contribution in [0.25, 0.3) is 0 Å². The molecule has 0 amide bonds. The predicted molar refractivity (Wildman–Crippen MR) is 71.6 cm³/mol. The van der Waals surface area contributed by atoms with Gasteiger partial charge in [0.2, 0.25) is 0 Å². The van der Waals surface area contributed by atoms with Crippen molar-refractivity contribution in [3.05, 3.63) is 0 Å². The smallest absolute Gasteiger partial charge is 0.304 e. The van der Waals surface area contributed by atoms with Gasteiger partial charge in [0.05, 0.1) is 6.42 Å². The molecule has 1 saturated heterocycles. The number of hydrogen-bond acceptors (Lipinski definition) is 3. The molecule has 0 aromatic heterocycles. The van der Waals surface area contributed by atoms with Gasteiger partial charge in [-0.3, -0.25) is 4.79 Å². The van der Waals surface area contributed by atoms with Crippen molar-refractivity contribution in [1.82, 2.24) is 10.2 Å². The molecule has 1 saturated carbocycles. The molecule has 2 rings (SSSR count). The lowest BCUT2D eigenvalue weighted by atomic mass is 9.89. The van der Waals surface area contributed by atoms with Crippen molar-refractivity contribution >= 4 is 5.97 Å². The lowest BCUT2D eigenvalue weighted by Gasteiger charge is -2.38. The Hall–Kier alpha value is -0.610. The van der Waals surface area contributed by atoms with E-state index in [0.717, 1.165) is 31.5 Å². The third kappa shape index (κ3) is 4.58. The summed E-state index contributed by atoms with van der Waals surface area (Å²) in [5.41, 5.74) is 0. The van der Waals surface area contributed by atoms with E-state index in [-0.39, 0.29) is 6.42 Å². The summed E-state index contributed by atoms with van der Waals surface area (Å²) in [5.74, 6) is 1.06. The molecule has 104 valence electrons. The fourth-order valence-corrected chi connectivity index (χ4v) is 3.17. The molecule has 2 aliphatic rings. The molecule has 2 unspecified atom stereocenters. The third-order valence-electron chi connectivity index (χ3n) is 4.11. The van der Waals surface area contributed by atoms with Crippen LogP contribution >= 0.6 is 0 Å². The number of rotatable bonds is 7. The SMILES string of the molecule is CCNC1CC(CC2CC2)CN(CCC(=O)O)C1. The monoisotopic (exact) mass is 254 g/mol. The van der Waals surface area contributed by atoms with E-state index in [1.165, 1.54) is 25.7 Å². The summed E-state index contributed by atoms with van der Waals surface area (Å²) in [6.07, 6.45) is 5.73. The van der Waals surface area contributed by atoms with E-state index in [0.29, 0.717) is 12.6 Å². The van der Waals surface area contributed by atoms with Gasteiger partial charge in [-0.25, -0.2) is 0 Å². The van der Waals surface area contributed by atoms with Gasteiger partial charge in [0, 0.05) is 25.7 Å². The second-order valence-electron chi connectivity index (χ2n) is 5.94. The lowest BCUT2D eigenvalue weighted by molar-refractivity contribution is -0.137. The molecule has 0 spiro atoms. The molecular formula is C14H26N2O2. The number of carboxylic acids is 1. The minimum atomic E-state index is -0.681. The Kier molecular flexibility index (Phi) is 5.01. The van der Waals surface area contributed by atoms with E-state index in [1.807, 2.05) is 0 Å². The van der Waals surface area contributed by atoms with Crippen LogP contribution in [0.2, 0.25) is 0 Å². The normalized spacial score (nSPS) is 29.4. The average Bonchev–Trinajstić information content (AvgIpc) is 3.10. The molecule has 1 heterocycles. The Morgan fingerprint density at radius 2 is 2.11 bits per heavy atom. The molecule has 1 aliphatic heterocycles. The number of aliphatic carboxylic acids is 1. The van der Waals surface area contributed by atoms with E-state index < -0.39 is 5.97 Å². The number of carbonyl (C=O) groups is 1. The van der Waals surface area contributed by atoms with Gasteiger partial charge in [0.15, 0.2) is 0 Å². The molecule has 4 nitrogen and oxygen atoms in total. The van der Waals surface area contributed by atoms with Crippen molar-refractivity contribution in [3.8, 4) is 0 Å². The summed E-state index contributed by atoms with van der Waals surface area (Å²) in [7, 11) is 0. The van der Waals surface area contributed by atoms with Crippen molar-refractivity contribution in [1.29, 1.82) is 0 Å². The fourth-order valence-electron chi connectivity index (χ4n) is 3.17. The van der Waals surface area contributed by atoms with Gasteiger partial charge in [0.1, 0.15) is 0 Å². The first-order chi connectivity index (χ1) is 8.67. The van der Waals surface area contributed by atoms with Gasteiger partial charge in [-0.15, -0.1) is 0 Å². The Bertz CT molecular complexity index is 279. The van der Waals surface area contributed by atoms with Crippen LogP contribution < -0.4 is 5.32 Å². The number of hydrogen-bond donors (Lipinski definition) is 2. The molecule has 2 N–H and O–H groups in total. The highest BCUT2D eigenvalue weighted by molar-refractivity contribution is 5.66. The Morgan fingerprint density at radius 3 is 2.72 bits per heavy atom. The number of nitrogens with one attached hydrogen (secondary N) is 1. The van der Waals surface area contributed by atoms with Crippen LogP contribution in [-0.2, 0) is 4.79 Å². The standard InChI is InChI=1S/C14H26N2O2/c1-2-15-13-8-12(7-11-3-4-11)9-16(10-13)6-5-14(17)18/h11-13,15H,2-10H2,1H3,(H,17,18). The first kappa shape index (κ1) is 13.8. The van der Waals surface area contributed by atoms with E-state index >= 15 is 0 Å². The molecule has 4 heteroatoms. The first-order valence-corrected chi connectivity index (χ1v) is 7.35. The lowest BCUT2D eigenvalue weighted by Crippen LogP contribution is -2.49. The first-order valence-electron chi connectivity index (χ1n) is 7.35. The Balaban J connectivity index is 1.81. The zero-order valence-electron chi connectivity index (χ0n) is 11.4. The minimum Gasteiger partial charge on any atom is -0.481 e. The maximum absolute atomic E-state index is 10.7. The zero-order valence-corrected chi connectivity index (χ0v) is 11.4. The van der Waals surface area contributed by atoms with Crippen molar-refractivity contribution in [2.45, 2.75) is 45.1 Å². The van der Waals surface area contributed by atoms with Gasteiger partial charge in [0.25, 0.3) is 0 Å².